The summed E-state index contributed by atoms with van der Waals surface area (Å²) in [6.07, 6.45) is 3.91. The summed E-state index contributed by atoms with van der Waals surface area (Å²) in [6, 6.07) is -0.591. The summed E-state index contributed by atoms with van der Waals surface area (Å²) < 4.78 is 1.47. The maximum atomic E-state index is 12.8. The first kappa shape index (κ1) is 18.1. The zero-order chi connectivity index (χ0) is 20.1. The van der Waals surface area contributed by atoms with E-state index in [1.807, 2.05) is 0 Å². The van der Waals surface area contributed by atoms with Crippen LogP contribution in [0.2, 0.25) is 0 Å². The Morgan fingerprint density at radius 3 is 2.64 bits per heavy atom. The summed E-state index contributed by atoms with van der Waals surface area (Å²) in [7, 11) is 0. The van der Waals surface area contributed by atoms with E-state index in [1.54, 1.807) is 13.8 Å². The molecule has 148 valence electrons. The van der Waals surface area contributed by atoms with Crippen molar-refractivity contribution in [3.63, 3.8) is 0 Å². The van der Waals surface area contributed by atoms with Crippen molar-refractivity contribution in [2.75, 3.05) is 5.73 Å². The molecule has 0 radical (unpaired) electrons. The molecule has 4 amide bonds. The molecule has 0 unspecified atom stereocenters. The number of nitrogens with zero attached hydrogens (tertiary/aromatic N) is 5. The second-order valence-corrected chi connectivity index (χ2v) is 7.37. The molecule has 1 saturated heterocycles. The first-order valence-corrected chi connectivity index (χ1v) is 9.25. The molecule has 1 spiro atoms. The number of hydrogen-bond acceptors (Lipinski definition) is 7. The summed E-state index contributed by atoms with van der Waals surface area (Å²) in [4.78, 5) is 46.0. The first-order chi connectivity index (χ1) is 13.3. The highest BCUT2D eigenvalue weighted by Gasteiger charge is 2.52. The zero-order valence-corrected chi connectivity index (χ0v) is 15.8. The van der Waals surface area contributed by atoms with Crippen molar-refractivity contribution in [3.05, 3.63) is 17.0 Å². The van der Waals surface area contributed by atoms with Crippen LogP contribution in [0.25, 0.3) is 5.78 Å². The highest BCUT2D eigenvalue weighted by Crippen LogP contribution is 2.33. The van der Waals surface area contributed by atoms with E-state index in [9.17, 15) is 14.4 Å². The first-order valence-electron chi connectivity index (χ1n) is 9.25. The lowest BCUT2D eigenvalue weighted by Gasteiger charge is -2.30. The molecule has 1 aliphatic carbocycles. The van der Waals surface area contributed by atoms with E-state index in [0.717, 1.165) is 24.3 Å². The monoisotopic (exact) mass is 386 g/mol. The smallest absolute Gasteiger partial charge is 0.344 e. The van der Waals surface area contributed by atoms with E-state index in [2.05, 4.69) is 25.8 Å². The molecule has 0 aromatic carbocycles. The maximum absolute atomic E-state index is 12.8. The van der Waals surface area contributed by atoms with E-state index in [0.29, 0.717) is 35.6 Å². The molecule has 2 aromatic heterocycles. The number of fused-ring (bicyclic) bond motifs is 1. The lowest BCUT2D eigenvalue weighted by molar-refractivity contribution is -0.139. The zero-order valence-electron chi connectivity index (χ0n) is 15.8. The van der Waals surface area contributed by atoms with Crippen molar-refractivity contribution in [2.45, 2.75) is 57.9 Å². The molecule has 11 heteroatoms. The number of amides is 4. The molecular weight excluding hydrogens is 364 g/mol. The van der Waals surface area contributed by atoms with Crippen LogP contribution in [0.15, 0.2) is 0 Å². The quantitative estimate of drug-likeness (QED) is 0.636. The summed E-state index contributed by atoms with van der Waals surface area (Å²) in [5.41, 5.74) is 9.08. The normalized spacial score (nSPS) is 18.7. The fourth-order valence-electron chi connectivity index (χ4n) is 4.02. The number of carbonyl (C=O) groups excluding carboxylic acids is 3. The largest absolute Gasteiger partial charge is 0.366 e. The van der Waals surface area contributed by atoms with Gasteiger partial charge in [-0.05, 0) is 26.7 Å². The number of aromatic nitrogens is 4. The van der Waals surface area contributed by atoms with E-state index in [4.69, 9.17) is 5.73 Å². The van der Waals surface area contributed by atoms with Gasteiger partial charge in [-0.15, -0.1) is 5.10 Å². The second kappa shape index (κ2) is 6.43. The second-order valence-electron chi connectivity index (χ2n) is 7.37. The molecule has 0 atom stereocenters. The van der Waals surface area contributed by atoms with Gasteiger partial charge in [-0.1, -0.05) is 19.3 Å². The Hall–Kier alpha value is -3.24. The average Bonchev–Trinajstić information content (AvgIpc) is 3.12. The topological polar surface area (TPSA) is 148 Å². The molecule has 4 rings (SSSR count). The van der Waals surface area contributed by atoms with Crippen molar-refractivity contribution in [1.29, 1.82) is 0 Å². The average molecular weight is 386 g/mol. The molecule has 1 aliphatic heterocycles. The summed E-state index contributed by atoms with van der Waals surface area (Å²) in [6.45, 7) is 3.54. The van der Waals surface area contributed by atoms with E-state index < -0.39 is 23.4 Å². The number of carbonyl (C=O) groups is 3. The number of hydrogen-bond donors (Lipinski definition) is 3. The summed E-state index contributed by atoms with van der Waals surface area (Å²) in [5, 5.41) is 7.63. The van der Waals surface area contributed by atoms with Crippen LogP contribution in [0.3, 0.4) is 0 Å². The molecule has 2 fully saturated rings. The van der Waals surface area contributed by atoms with Crippen molar-refractivity contribution >= 4 is 29.6 Å². The minimum Gasteiger partial charge on any atom is -0.366 e. The van der Waals surface area contributed by atoms with Gasteiger partial charge in [0.05, 0.1) is 6.42 Å². The minimum absolute atomic E-state index is 0.0650. The highest BCUT2D eigenvalue weighted by molar-refractivity contribution is 6.08. The van der Waals surface area contributed by atoms with Crippen LogP contribution in [-0.4, -0.2) is 48.0 Å². The predicted octanol–water partition coefficient (Wildman–Crippen LogP) is 0.152. The maximum Gasteiger partial charge on any atom is 0.344 e. The molecule has 1 saturated carbocycles. The van der Waals surface area contributed by atoms with Crippen molar-refractivity contribution in [1.82, 2.24) is 35.3 Å². The van der Waals surface area contributed by atoms with Gasteiger partial charge in [-0.2, -0.15) is 14.5 Å². The van der Waals surface area contributed by atoms with Gasteiger partial charge >= 0.3 is 6.03 Å². The van der Waals surface area contributed by atoms with Crippen LogP contribution in [0.5, 0.6) is 0 Å². The Labute approximate surface area is 160 Å². The van der Waals surface area contributed by atoms with Gasteiger partial charge in [0.1, 0.15) is 5.54 Å². The molecule has 28 heavy (non-hydrogen) atoms. The number of aryl methyl sites for hydroxylation is 2. The SMILES string of the molecule is Cc1nc2nc(N)nn2c(C)c1CC(=O)NN1C(=O)NC2(CCCCC2)C1=O. The third-order valence-corrected chi connectivity index (χ3v) is 5.51. The molecule has 3 heterocycles. The Balaban J connectivity index is 1.53. The van der Waals surface area contributed by atoms with E-state index >= 15 is 0 Å². The van der Waals surface area contributed by atoms with Crippen LogP contribution < -0.4 is 16.5 Å². The van der Waals surface area contributed by atoms with Gasteiger partial charge in [0.25, 0.3) is 11.7 Å². The van der Waals surface area contributed by atoms with Gasteiger partial charge in [0, 0.05) is 17.0 Å². The Kier molecular flexibility index (Phi) is 4.16. The lowest BCUT2D eigenvalue weighted by atomic mass is 9.82. The van der Waals surface area contributed by atoms with Gasteiger partial charge < -0.3 is 11.1 Å². The molecule has 4 N–H and O–H groups in total. The van der Waals surface area contributed by atoms with Crippen LogP contribution in [0.1, 0.15) is 49.1 Å². The van der Waals surface area contributed by atoms with Crippen LogP contribution in [0.4, 0.5) is 10.7 Å². The lowest BCUT2D eigenvalue weighted by Crippen LogP contribution is -2.51. The Morgan fingerprint density at radius 2 is 1.93 bits per heavy atom. The number of hydrazine groups is 1. The Bertz CT molecular complexity index is 992. The van der Waals surface area contributed by atoms with Crippen LogP contribution in [-0.2, 0) is 16.0 Å². The van der Waals surface area contributed by atoms with Crippen molar-refractivity contribution < 1.29 is 14.4 Å². The van der Waals surface area contributed by atoms with E-state index in [-0.39, 0.29) is 12.4 Å². The predicted molar refractivity (Wildman–Crippen MR) is 97.7 cm³/mol. The highest BCUT2D eigenvalue weighted by atomic mass is 16.2. The van der Waals surface area contributed by atoms with Crippen LogP contribution >= 0.6 is 0 Å². The number of rotatable bonds is 3. The molecular formula is C17H22N8O3. The van der Waals surface area contributed by atoms with Gasteiger partial charge in [-0.3, -0.25) is 15.0 Å². The number of nitrogens with one attached hydrogen (secondary N) is 2. The number of imide groups is 1. The summed E-state index contributed by atoms with van der Waals surface area (Å²) >= 11 is 0. The number of nitrogens with two attached hydrogens (primary N) is 1. The van der Waals surface area contributed by atoms with Gasteiger partial charge in [0.2, 0.25) is 11.9 Å². The fourth-order valence-corrected chi connectivity index (χ4v) is 4.02. The van der Waals surface area contributed by atoms with Gasteiger partial charge in [-0.25, -0.2) is 9.78 Å². The summed E-state index contributed by atoms with van der Waals surface area (Å²) in [5.74, 6) is -0.438. The number of anilines is 1. The molecule has 2 aromatic rings. The van der Waals surface area contributed by atoms with E-state index in [1.165, 1.54) is 4.52 Å². The van der Waals surface area contributed by atoms with Crippen LogP contribution in [0, 0.1) is 13.8 Å². The standard InChI is InChI=1S/C17H22N8O3/c1-9-11(10(2)24-15(19-9)20-14(18)23-24)8-12(26)22-25-13(27)17(21-16(25)28)6-4-3-5-7-17/h3-8H2,1-2H3,(H2,18,23)(H,21,28)(H,22,26). The molecule has 0 bridgehead atoms. The number of urea groups is 1. The van der Waals surface area contributed by atoms with Gasteiger partial charge in [0.15, 0.2) is 0 Å². The Morgan fingerprint density at radius 1 is 1.21 bits per heavy atom. The molecule has 2 aliphatic rings. The minimum atomic E-state index is -0.882. The fraction of sp³-hybridized carbons (Fsp3) is 0.529. The third kappa shape index (κ3) is 2.83. The van der Waals surface area contributed by atoms with Crippen molar-refractivity contribution in [2.24, 2.45) is 0 Å². The number of nitrogen functional groups attached to an aromatic ring is 1. The molecule has 11 nitrogen and oxygen atoms in total. The third-order valence-electron chi connectivity index (χ3n) is 5.51. The van der Waals surface area contributed by atoms with Crippen molar-refractivity contribution in [3.8, 4) is 0 Å².